The first kappa shape index (κ1) is 15.1. The lowest BCUT2D eigenvalue weighted by molar-refractivity contribution is 0.472. The van der Waals surface area contributed by atoms with E-state index in [-0.39, 0.29) is 5.69 Å². The van der Waals surface area contributed by atoms with Gasteiger partial charge in [-0.1, -0.05) is 0 Å². The fraction of sp³-hybridized carbons (Fsp3) is 0.0909. The van der Waals surface area contributed by atoms with E-state index >= 15 is 0 Å². The number of aromatic hydroxyl groups is 1. The van der Waals surface area contributed by atoms with Gasteiger partial charge < -0.3 is 5.11 Å². The predicted molar refractivity (Wildman–Crippen MR) is 76.1 cm³/mol. The van der Waals surface area contributed by atoms with Crippen LogP contribution in [0.3, 0.4) is 0 Å². The largest absolute Gasteiger partial charge is 0.505 e. The zero-order valence-electron chi connectivity index (χ0n) is 10.8. The lowest BCUT2D eigenvalue weighted by atomic mass is 10.1. The summed E-state index contributed by atoms with van der Waals surface area (Å²) in [5, 5.41) is 24.5. The zero-order valence-corrected chi connectivity index (χ0v) is 11.6. The summed E-state index contributed by atoms with van der Waals surface area (Å²) in [6.07, 6.45) is 0. The molecule has 0 aliphatic heterocycles. The van der Waals surface area contributed by atoms with Crippen molar-refractivity contribution in [3.63, 3.8) is 0 Å². The van der Waals surface area contributed by atoms with Gasteiger partial charge in [-0.3, -0.25) is 9.58 Å². The van der Waals surface area contributed by atoms with Gasteiger partial charge in [0.1, 0.15) is 10.6 Å². The highest BCUT2D eigenvalue weighted by Gasteiger charge is 2.21. The molecular weight excluding hydrogens is 295 g/mol. The van der Waals surface area contributed by atoms with Crippen molar-refractivity contribution in [1.29, 1.82) is 0 Å². The van der Waals surface area contributed by atoms with Crippen LogP contribution < -0.4 is 0 Å². The molecular formula is C11H9BN4O4S. The molecule has 0 aliphatic carbocycles. The summed E-state index contributed by atoms with van der Waals surface area (Å²) >= 11 is 0. The van der Waals surface area contributed by atoms with Gasteiger partial charge in [-0.15, -0.1) is 0 Å². The maximum atomic E-state index is 11.4. The molecule has 0 bridgehead atoms. The van der Waals surface area contributed by atoms with Crippen LogP contribution in [0.15, 0.2) is 49.5 Å². The number of benzene rings is 2. The Hall–Kier alpha value is -2.33. The summed E-state index contributed by atoms with van der Waals surface area (Å²) in [5.74, 6) is -0.415. The van der Waals surface area contributed by atoms with Gasteiger partial charge in [0.2, 0.25) is 0 Å². The van der Waals surface area contributed by atoms with E-state index < -0.39 is 20.8 Å². The summed E-state index contributed by atoms with van der Waals surface area (Å²) in [6.45, 7) is 0. The van der Waals surface area contributed by atoms with E-state index in [1.165, 1.54) is 25.2 Å². The maximum absolute atomic E-state index is 11.4. The van der Waals surface area contributed by atoms with Gasteiger partial charge in [-0.05, 0) is 29.7 Å². The number of nitrogens with zero attached hydrogens (tertiary/aromatic N) is 4. The van der Waals surface area contributed by atoms with Gasteiger partial charge in [0, 0.05) is 12.4 Å². The van der Waals surface area contributed by atoms with Crippen molar-refractivity contribution in [2.45, 2.75) is 4.90 Å². The summed E-state index contributed by atoms with van der Waals surface area (Å²) in [5.41, 5.74) is 0.0243. The first-order valence-corrected chi connectivity index (χ1v) is 7.00. The highest BCUT2D eigenvalue weighted by Crippen LogP contribution is 2.41. The number of fused-ring (bicyclic) bond motifs is 1. The average Bonchev–Trinajstić information content (AvgIpc) is 2.41. The van der Waals surface area contributed by atoms with Crippen molar-refractivity contribution in [3.05, 3.63) is 24.3 Å². The Bertz CT molecular complexity index is 864. The van der Waals surface area contributed by atoms with Gasteiger partial charge in [-0.2, -0.15) is 23.8 Å². The molecule has 106 valence electrons. The minimum Gasteiger partial charge on any atom is -0.505 e. The number of phenolic OH excluding ortho intramolecular Hbond substituents is 1. The second-order valence-corrected chi connectivity index (χ2v) is 5.36. The van der Waals surface area contributed by atoms with Crippen molar-refractivity contribution in [2.75, 3.05) is 7.05 Å². The molecule has 0 spiro atoms. The normalized spacial score (nSPS) is 12.7. The molecule has 0 saturated carbocycles. The third-order valence-corrected chi connectivity index (χ3v) is 3.55. The van der Waals surface area contributed by atoms with Crippen LogP contribution in [0, 0.1) is 0 Å². The summed E-state index contributed by atoms with van der Waals surface area (Å²) in [6, 6.07) is 5.63. The fourth-order valence-electron chi connectivity index (χ4n) is 1.86. The van der Waals surface area contributed by atoms with Crippen molar-refractivity contribution >= 4 is 40.2 Å². The molecule has 0 unspecified atom stereocenters. The third-order valence-electron chi connectivity index (χ3n) is 2.69. The van der Waals surface area contributed by atoms with Crippen LogP contribution in [0.2, 0.25) is 0 Å². The first-order chi connectivity index (χ1) is 9.88. The fourth-order valence-corrected chi connectivity index (χ4v) is 2.52. The smallest absolute Gasteiger partial charge is 0.296 e. The monoisotopic (exact) mass is 304 g/mol. The molecule has 2 rings (SSSR count). The van der Waals surface area contributed by atoms with Crippen molar-refractivity contribution in [2.24, 2.45) is 20.4 Å². The highest BCUT2D eigenvalue weighted by atomic mass is 32.2. The number of rotatable bonds is 3. The van der Waals surface area contributed by atoms with E-state index in [4.69, 9.17) is 7.98 Å². The van der Waals surface area contributed by atoms with Gasteiger partial charge >= 0.3 is 0 Å². The van der Waals surface area contributed by atoms with Crippen molar-refractivity contribution in [1.82, 2.24) is 0 Å². The van der Waals surface area contributed by atoms with Crippen LogP contribution in [0.4, 0.5) is 11.4 Å². The minimum absolute atomic E-state index is 0.320. The zero-order chi connectivity index (χ0) is 15.6. The summed E-state index contributed by atoms with van der Waals surface area (Å²) in [4.78, 5) is -0.556. The molecule has 2 radical (unpaired) electrons. The third kappa shape index (κ3) is 2.90. The molecule has 21 heavy (non-hydrogen) atoms. The molecule has 0 aromatic heterocycles. The Balaban J connectivity index is 2.90. The van der Waals surface area contributed by atoms with E-state index in [0.29, 0.717) is 16.5 Å². The molecule has 10 heteroatoms. The molecule has 0 aliphatic rings. The van der Waals surface area contributed by atoms with Crippen LogP contribution in [-0.2, 0) is 10.1 Å². The van der Waals surface area contributed by atoms with Gasteiger partial charge in [0.25, 0.3) is 18.1 Å². The van der Waals surface area contributed by atoms with Crippen LogP contribution in [0.25, 0.3) is 10.8 Å². The molecule has 0 heterocycles. The number of hydrogen-bond acceptors (Lipinski definition) is 7. The topological polar surface area (TPSA) is 124 Å². The van der Waals surface area contributed by atoms with Gasteiger partial charge in [-0.25, -0.2) is 0 Å². The first-order valence-electron chi connectivity index (χ1n) is 5.56. The minimum atomic E-state index is -4.59. The summed E-state index contributed by atoms with van der Waals surface area (Å²) < 4.78 is 32.1. The Morgan fingerprint density at radius 2 is 1.90 bits per heavy atom. The number of hydrogen-bond donors (Lipinski definition) is 2. The van der Waals surface area contributed by atoms with E-state index in [0.717, 1.165) is 6.07 Å². The van der Waals surface area contributed by atoms with Crippen LogP contribution in [0.1, 0.15) is 0 Å². The van der Waals surface area contributed by atoms with Crippen molar-refractivity contribution in [3.8, 4) is 5.75 Å². The second-order valence-electron chi connectivity index (χ2n) is 3.97. The highest BCUT2D eigenvalue weighted by molar-refractivity contribution is 7.86. The molecule has 0 amide bonds. The van der Waals surface area contributed by atoms with Gasteiger partial charge in [0.15, 0.2) is 5.75 Å². The molecule has 2 aromatic rings. The number of phenols is 1. The second kappa shape index (κ2) is 5.58. The standard InChI is InChI=1S/C11H9BN4O4S/c1-13-15-10-9(21(18,19)20)5-6-4-7(14-16-12)2-3-8(6)11(10)17/h2-5,17H,1H3,(H,18,19,20). The van der Waals surface area contributed by atoms with E-state index in [9.17, 15) is 18.1 Å². The molecule has 8 nitrogen and oxygen atoms in total. The summed E-state index contributed by atoms with van der Waals surface area (Å²) in [7, 11) is 1.66. The molecule has 0 saturated heterocycles. The Morgan fingerprint density at radius 1 is 1.19 bits per heavy atom. The van der Waals surface area contributed by atoms with E-state index in [2.05, 4.69) is 20.4 Å². The van der Waals surface area contributed by atoms with Crippen LogP contribution >= 0.6 is 0 Å². The molecule has 2 aromatic carbocycles. The maximum Gasteiger partial charge on any atom is 0.296 e. The predicted octanol–water partition coefficient (Wildman–Crippen LogP) is 2.67. The van der Waals surface area contributed by atoms with Crippen molar-refractivity contribution < 1.29 is 18.1 Å². The molecule has 0 atom stereocenters. The lowest BCUT2D eigenvalue weighted by Crippen LogP contribution is -1.99. The average molecular weight is 304 g/mol. The number of azo groups is 1. The Kier molecular flexibility index (Phi) is 4.01. The molecule has 0 fully saturated rings. The van der Waals surface area contributed by atoms with E-state index in [1.807, 2.05) is 0 Å². The van der Waals surface area contributed by atoms with E-state index in [1.54, 1.807) is 0 Å². The SMILES string of the molecule is [B]N=Nc1ccc2c(O)c(N=NC)c(S(=O)(=O)O)cc2c1. The van der Waals surface area contributed by atoms with Crippen LogP contribution in [-0.4, -0.2) is 33.1 Å². The quantitative estimate of drug-likeness (QED) is 0.513. The van der Waals surface area contributed by atoms with Gasteiger partial charge in [0.05, 0.1) is 5.69 Å². The Labute approximate surface area is 121 Å². The van der Waals surface area contributed by atoms with Crippen LogP contribution in [0.5, 0.6) is 5.75 Å². The lowest BCUT2D eigenvalue weighted by Gasteiger charge is -2.08. The molecule has 2 N–H and O–H groups in total. The Morgan fingerprint density at radius 3 is 2.48 bits per heavy atom.